The zero-order valence-electron chi connectivity index (χ0n) is 10.9. The lowest BCUT2D eigenvalue weighted by Crippen LogP contribution is -2.27. The van der Waals surface area contributed by atoms with Gasteiger partial charge in [-0.05, 0) is 46.0 Å². The molecule has 110 valence electrons. The van der Waals surface area contributed by atoms with Crippen LogP contribution in [0.25, 0.3) is 0 Å². The Morgan fingerprint density at radius 3 is 2.86 bits per heavy atom. The Bertz CT molecular complexity index is 795. The highest BCUT2D eigenvalue weighted by atomic mass is 79.9. The largest absolute Gasteiger partial charge is 0.242 e. The Balaban J connectivity index is 1.89. The van der Waals surface area contributed by atoms with Crippen LogP contribution in [-0.2, 0) is 16.4 Å². The number of sulfonamides is 1. The van der Waals surface area contributed by atoms with E-state index in [1.165, 1.54) is 17.8 Å². The normalized spacial score (nSPS) is 17.7. The topological polar surface area (TPSA) is 59.1 Å². The van der Waals surface area contributed by atoms with E-state index in [1.54, 1.807) is 0 Å². The minimum Gasteiger partial charge on any atom is -0.242 e. The van der Waals surface area contributed by atoms with Crippen LogP contribution in [0.4, 0.5) is 0 Å². The molecule has 3 rings (SSSR count). The summed E-state index contributed by atoms with van der Waals surface area (Å²) in [5, 5.41) is 0.236. The van der Waals surface area contributed by atoms with Crippen molar-refractivity contribution in [1.29, 1.82) is 0 Å². The summed E-state index contributed by atoms with van der Waals surface area (Å²) in [6.45, 7) is 0. The fourth-order valence-corrected chi connectivity index (χ4v) is 4.31. The number of aryl methyl sites for hydroxylation is 1. The number of rotatable bonds is 3. The fraction of sp³-hybridized carbons (Fsp3) is 0.214. The SMILES string of the molecule is O=S(=O)(NC1CCc2ccccc21)c1cnc(Cl)c(Br)c1. The van der Waals surface area contributed by atoms with E-state index in [4.69, 9.17) is 11.6 Å². The van der Waals surface area contributed by atoms with Gasteiger partial charge in [0.1, 0.15) is 10.0 Å². The van der Waals surface area contributed by atoms with Gasteiger partial charge in [-0.2, -0.15) is 0 Å². The summed E-state index contributed by atoms with van der Waals surface area (Å²) in [6, 6.07) is 9.15. The molecule has 1 atom stereocenters. The summed E-state index contributed by atoms with van der Waals surface area (Å²) >= 11 is 8.99. The van der Waals surface area contributed by atoms with Crippen molar-refractivity contribution in [2.24, 2.45) is 0 Å². The number of fused-ring (bicyclic) bond motifs is 1. The molecule has 7 heteroatoms. The molecule has 0 amide bonds. The monoisotopic (exact) mass is 386 g/mol. The molecule has 0 saturated heterocycles. The average Bonchev–Trinajstić information content (AvgIpc) is 2.85. The summed E-state index contributed by atoms with van der Waals surface area (Å²) in [4.78, 5) is 3.96. The highest BCUT2D eigenvalue weighted by Gasteiger charge is 2.27. The van der Waals surface area contributed by atoms with Gasteiger partial charge < -0.3 is 0 Å². The van der Waals surface area contributed by atoms with Gasteiger partial charge in [0.2, 0.25) is 10.0 Å². The van der Waals surface area contributed by atoms with Gasteiger partial charge >= 0.3 is 0 Å². The molecule has 1 aliphatic rings. The minimum absolute atomic E-state index is 0.100. The molecule has 1 aromatic heterocycles. The molecule has 0 spiro atoms. The van der Waals surface area contributed by atoms with Crippen LogP contribution in [0, 0.1) is 0 Å². The van der Waals surface area contributed by atoms with Crippen molar-refractivity contribution >= 4 is 37.6 Å². The van der Waals surface area contributed by atoms with Crippen molar-refractivity contribution in [2.45, 2.75) is 23.8 Å². The van der Waals surface area contributed by atoms with Crippen molar-refractivity contribution < 1.29 is 8.42 Å². The second kappa shape index (κ2) is 5.68. The standard InChI is InChI=1S/C14H12BrClN2O2S/c15-12-7-10(8-17-14(12)16)21(19,20)18-13-6-5-9-3-1-2-4-11(9)13/h1-4,7-8,13,18H,5-6H2. The first-order chi connectivity index (χ1) is 9.97. The first-order valence-corrected chi connectivity index (χ1v) is 9.04. The molecule has 21 heavy (non-hydrogen) atoms. The number of pyridine rings is 1. The number of halogens is 2. The lowest BCUT2D eigenvalue weighted by molar-refractivity contribution is 0.554. The van der Waals surface area contributed by atoms with Crippen LogP contribution < -0.4 is 4.72 Å². The Hall–Kier alpha value is -0.950. The van der Waals surface area contributed by atoms with Gasteiger partial charge in [-0.3, -0.25) is 0 Å². The molecule has 1 aliphatic carbocycles. The van der Waals surface area contributed by atoms with Crippen molar-refractivity contribution in [3.63, 3.8) is 0 Å². The highest BCUT2D eigenvalue weighted by molar-refractivity contribution is 9.10. The average molecular weight is 388 g/mol. The predicted octanol–water partition coefficient (Wildman–Crippen LogP) is 3.46. The van der Waals surface area contributed by atoms with Gasteiger partial charge in [-0.25, -0.2) is 18.1 Å². The lowest BCUT2D eigenvalue weighted by atomic mass is 10.1. The molecule has 0 bridgehead atoms. The molecule has 0 radical (unpaired) electrons. The van der Waals surface area contributed by atoms with Gasteiger partial charge in [-0.1, -0.05) is 35.9 Å². The van der Waals surface area contributed by atoms with Gasteiger partial charge in [0.05, 0.1) is 4.47 Å². The molecule has 0 saturated carbocycles. The second-order valence-corrected chi connectivity index (χ2v) is 7.78. The Kier molecular flexibility index (Phi) is 4.05. The van der Waals surface area contributed by atoms with E-state index < -0.39 is 10.0 Å². The maximum absolute atomic E-state index is 12.4. The second-order valence-electron chi connectivity index (χ2n) is 4.86. The lowest BCUT2D eigenvalue weighted by Gasteiger charge is -2.14. The van der Waals surface area contributed by atoms with Crippen LogP contribution in [0.2, 0.25) is 5.15 Å². The predicted molar refractivity (Wildman–Crippen MR) is 84.8 cm³/mol. The molecule has 1 N–H and O–H groups in total. The van der Waals surface area contributed by atoms with Crippen LogP contribution in [0.15, 0.2) is 45.9 Å². The van der Waals surface area contributed by atoms with E-state index in [2.05, 4.69) is 25.6 Å². The molecule has 2 aromatic rings. The van der Waals surface area contributed by atoms with E-state index >= 15 is 0 Å². The van der Waals surface area contributed by atoms with E-state index in [0.717, 1.165) is 18.4 Å². The Morgan fingerprint density at radius 2 is 2.10 bits per heavy atom. The molecular weight excluding hydrogens is 376 g/mol. The van der Waals surface area contributed by atoms with E-state index in [-0.39, 0.29) is 16.1 Å². The van der Waals surface area contributed by atoms with Gasteiger partial charge in [0.25, 0.3) is 0 Å². The third kappa shape index (κ3) is 2.99. The third-order valence-electron chi connectivity index (χ3n) is 3.51. The van der Waals surface area contributed by atoms with Gasteiger partial charge in [0.15, 0.2) is 0 Å². The minimum atomic E-state index is -3.63. The van der Waals surface area contributed by atoms with Crippen LogP contribution >= 0.6 is 27.5 Å². The van der Waals surface area contributed by atoms with Gasteiger partial charge in [-0.15, -0.1) is 0 Å². The number of hydrogen-bond acceptors (Lipinski definition) is 3. The first kappa shape index (κ1) is 15.0. The smallest absolute Gasteiger partial charge is 0.242 e. The molecule has 1 aromatic carbocycles. The van der Waals surface area contributed by atoms with Crippen molar-refractivity contribution in [3.05, 3.63) is 57.3 Å². The van der Waals surface area contributed by atoms with E-state index in [1.807, 2.05) is 24.3 Å². The fourth-order valence-electron chi connectivity index (χ4n) is 2.49. The van der Waals surface area contributed by atoms with Crippen molar-refractivity contribution in [2.75, 3.05) is 0 Å². The Labute approximate surface area is 136 Å². The maximum Gasteiger partial charge on any atom is 0.242 e. The maximum atomic E-state index is 12.4. The van der Waals surface area contributed by atoms with Crippen molar-refractivity contribution in [3.8, 4) is 0 Å². The Morgan fingerprint density at radius 1 is 1.33 bits per heavy atom. The summed E-state index contributed by atoms with van der Waals surface area (Å²) in [7, 11) is -3.63. The number of nitrogens with one attached hydrogen (secondary N) is 1. The molecule has 1 unspecified atom stereocenters. The van der Waals surface area contributed by atoms with Crippen LogP contribution in [0.3, 0.4) is 0 Å². The highest BCUT2D eigenvalue weighted by Crippen LogP contribution is 2.32. The molecular formula is C14H12BrClN2O2S. The molecule has 4 nitrogen and oxygen atoms in total. The zero-order chi connectivity index (χ0) is 15.0. The van der Waals surface area contributed by atoms with E-state index in [0.29, 0.717) is 4.47 Å². The first-order valence-electron chi connectivity index (χ1n) is 6.38. The number of aromatic nitrogens is 1. The van der Waals surface area contributed by atoms with E-state index in [9.17, 15) is 8.42 Å². The quantitative estimate of drug-likeness (QED) is 0.821. The molecule has 0 fully saturated rings. The summed E-state index contributed by atoms with van der Waals surface area (Å²) in [6.07, 6.45) is 2.91. The number of benzene rings is 1. The van der Waals surface area contributed by atoms with Crippen LogP contribution in [0.1, 0.15) is 23.6 Å². The molecule has 0 aliphatic heterocycles. The third-order valence-corrected chi connectivity index (χ3v) is 6.08. The van der Waals surface area contributed by atoms with Crippen LogP contribution in [-0.4, -0.2) is 13.4 Å². The summed E-state index contributed by atoms with van der Waals surface area (Å²) in [5.41, 5.74) is 2.24. The summed E-state index contributed by atoms with van der Waals surface area (Å²) in [5.74, 6) is 0. The van der Waals surface area contributed by atoms with Crippen molar-refractivity contribution in [1.82, 2.24) is 9.71 Å². The molecule has 1 heterocycles. The number of hydrogen-bond donors (Lipinski definition) is 1. The number of nitrogens with zero attached hydrogens (tertiary/aromatic N) is 1. The van der Waals surface area contributed by atoms with Gasteiger partial charge in [0, 0.05) is 12.2 Å². The zero-order valence-corrected chi connectivity index (χ0v) is 14.0. The summed E-state index contributed by atoms with van der Waals surface area (Å²) < 4.78 is 28.1. The van der Waals surface area contributed by atoms with Crippen LogP contribution in [0.5, 0.6) is 0 Å².